The lowest BCUT2D eigenvalue weighted by Gasteiger charge is -2.38. The maximum atomic E-state index is 6.12. The van der Waals surface area contributed by atoms with Crippen molar-refractivity contribution in [3.8, 4) is 0 Å². The van der Waals surface area contributed by atoms with Crippen molar-refractivity contribution < 1.29 is 9.47 Å². The molecule has 0 radical (unpaired) electrons. The van der Waals surface area contributed by atoms with Crippen LogP contribution in [0, 0.1) is 29.6 Å². The second-order valence-corrected chi connectivity index (χ2v) is 8.98. The van der Waals surface area contributed by atoms with Gasteiger partial charge in [-0.25, -0.2) is 0 Å². The van der Waals surface area contributed by atoms with E-state index in [2.05, 4.69) is 34.6 Å². The summed E-state index contributed by atoms with van der Waals surface area (Å²) in [5.41, 5.74) is 0.426. The Morgan fingerprint density at radius 2 is 1.25 bits per heavy atom. The normalized spacial score (nSPS) is 62.2. The van der Waals surface area contributed by atoms with Crippen molar-refractivity contribution in [2.45, 2.75) is 83.7 Å². The zero-order valence-electron chi connectivity index (χ0n) is 13.7. The molecule has 0 aromatic rings. The zero-order chi connectivity index (χ0) is 14.3. The van der Waals surface area contributed by atoms with Crippen LogP contribution in [0.5, 0.6) is 0 Å². The number of hydrogen-bond acceptors (Lipinski definition) is 2. The van der Waals surface area contributed by atoms with Crippen LogP contribution in [0.25, 0.3) is 0 Å². The van der Waals surface area contributed by atoms with E-state index in [1.165, 1.54) is 25.7 Å². The quantitative estimate of drug-likeness (QED) is 0.712. The lowest BCUT2D eigenvalue weighted by Crippen LogP contribution is -2.39. The molecule has 2 nitrogen and oxygen atoms in total. The molecule has 4 aliphatic rings. The van der Waals surface area contributed by atoms with Gasteiger partial charge in [0.25, 0.3) is 0 Å². The fourth-order valence-corrected chi connectivity index (χ4v) is 5.95. The highest BCUT2D eigenvalue weighted by atomic mass is 16.6. The molecular weight excluding hydrogens is 248 g/mol. The predicted octanol–water partition coefficient (Wildman–Crippen LogP) is 4.03. The summed E-state index contributed by atoms with van der Waals surface area (Å²) in [4.78, 5) is 0. The molecule has 2 saturated carbocycles. The maximum absolute atomic E-state index is 6.12. The van der Waals surface area contributed by atoms with Crippen LogP contribution in [-0.2, 0) is 9.47 Å². The first-order valence-corrected chi connectivity index (χ1v) is 8.68. The lowest BCUT2D eigenvalue weighted by atomic mass is 9.64. The van der Waals surface area contributed by atoms with Crippen LogP contribution in [-0.4, -0.2) is 23.4 Å². The van der Waals surface area contributed by atoms with Gasteiger partial charge in [-0.3, -0.25) is 0 Å². The minimum Gasteiger partial charge on any atom is -0.366 e. The summed E-state index contributed by atoms with van der Waals surface area (Å²) in [6, 6.07) is 0. The molecule has 0 spiro atoms. The van der Waals surface area contributed by atoms with Crippen molar-refractivity contribution in [2.75, 3.05) is 0 Å². The SMILES string of the molecule is CC1CC(C(C)C2CC(C)CC3(C)OC23)C2OC2(C)C1. The molecule has 4 fully saturated rings. The van der Waals surface area contributed by atoms with Gasteiger partial charge in [0.05, 0.1) is 23.4 Å². The van der Waals surface area contributed by atoms with Gasteiger partial charge < -0.3 is 9.47 Å². The monoisotopic (exact) mass is 278 g/mol. The average molecular weight is 278 g/mol. The summed E-state index contributed by atoms with van der Waals surface area (Å²) in [5, 5.41) is 0. The molecule has 20 heavy (non-hydrogen) atoms. The molecule has 2 aliphatic carbocycles. The van der Waals surface area contributed by atoms with Crippen LogP contribution < -0.4 is 0 Å². The van der Waals surface area contributed by atoms with Crippen molar-refractivity contribution >= 4 is 0 Å². The van der Waals surface area contributed by atoms with E-state index in [1.54, 1.807) is 0 Å². The Bertz CT molecular complexity index is 384. The molecule has 8 unspecified atom stereocenters. The third kappa shape index (κ3) is 1.90. The molecule has 2 heterocycles. The number of rotatable bonds is 2. The van der Waals surface area contributed by atoms with E-state index >= 15 is 0 Å². The van der Waals surface area contributed by atoms with E-state index in [0.29, 0.717) is 12.2 Å². The van der Waals surface area contributed by atoms with Gasteiger partial charge in [-0.1, -0.05) is 20.8 Å². The van der Waals surface area contributed by atoms with E-state index in [9.17, 15) is 0 Å². The highest BCUT2D eigenvalue weighted by Gasteiger charge is 2.65. The van der Waals surface area contributed by atoms with Crippen LogP contribution in [0.4, 0.5) is 0 Å². The molecule has 0 bridgehead atoms. The topological polar surface area (TPSA) is 25.1 Å². The Balaban J connectivity index is 1.51. The Hall–Kier alpha value is -0.0800. The van der Waals surface area contributed by atoms with Gasteiger partial charge in [-0.2, -0.15) is 0 Å². The molecule has 8 atom stereocenters. The fraction of sp³-hybridized carbons (Fsp3) is 1.00. The van der Waals surface area contributed by atoms with Crippen molar-refractivity contribution in [3.05, 3.63) is 0 Å². The fourth-order valence-electron chi connectivity index (χ4n) is 5.95. The van der Waals surface area contributed by atoms with Crippen molar-refractivity contribution in [2.24, 2.45) is 29.6 Å². The average Bonchev–Trinajstić information content (AvgIpc) is 3.19. The second-order valence-electron chi connectivity index (χ2n) is 8.98. The van der Waals surface area contributed by atoms with Crippen LogP contribution in [0.3, 0.4) is 0 Å². The summed E-state index contributed by atoms with van der Waals surface area (Å²) in [7, 11) is 0. The van der Waals surface area contributed by atoms with Crippen LogP contribution in [0.2, 0.25) is 0 Å². The first-order chi connectivity index (χ1) is 9.32. The van der Waals surface area contributed by atoms with E-state index in [-0.39, 0.29) is 11.2 Å². The third-order valence-corrected chi connectivity index (χ3v) is 6.87. The third-order valence-electron chi connectivity index (χ3n) is 6.87. The predicted molar refractivity (Wildman–Crippen MR) is 79.5 cm³/mol. The number of fused-ring (bicyclic) bond motifs is 2. The molecule has 2 aliphatic heterocycles. The molecular formula is C18H30O2. The smallest absolute Gasteiger partial charge is 0.0926 e. The van der Waals surface area contributed by atoms with E-state index in [1.807, 2.05) is 0 Å². The molecule has 0 aromatic heterocycles. The molecule has 114 valence electrons. The number of ether oxygens (including phenoxy) is 2. The van der Waals surface area contributed by atoms with E-state index < -0.39 is 0 Å². The van der Waals surface area contributed by atoms with Crippen molar-refractivity contribution in [1.29, 1.82) is 0 Å². The Kier molecular flexibility index (Phi) is 2.72. The standard InChI is InChI=1S/C18H30O2/c1-10-6-13(15-17(4,8-10)19-15)12(3)14-7-11(2)9-18(5)16(14)20-18/h10-16H,6-9H2,1-5H3. The molecule has 0 N–H and O–H groups in total. The van der Waals surface area contributed by atoms with Crippen LogP contribution in [0.15, 0.2) is 0 Å². The minimum absolute atomic E-state index is 0.213. The van der Waals surface area contributed by atoms with Gasteiger partial charge in [0, 0.05) is 0 Å². The summed E-state index contributed by atoms with van der Waals surface area (Å²) in [6.45, 7) is 12.0. The molecule has 0 amide bonds. The molecule has 0 aromatic carbocycles. The van der Waals surface area contributed by atoms with Gasteiger partial charge in [-0.05, 0) is 69.1 Å². The van der Waals surface area contributed by atoms with Crippen LogP contribution in [0.1, 0.15) is 60.3 Å². The lowest BCUT2D eigenvalue weighted by molar-refractivity contribution is 0.121. The van der Waals surface area contributed by atoms with Gasteiger partial charge >= 0.3 is 0 Å². The van der Waals surface area contributed by atoms with Gasteiger partial charge in [0.1, 0.15) is 0 Å². The first kappa shape index (κ1) is 13.6. The molecule has 2 saturated heterocycles. The van der Waals surface area contributed by atoms with Crippen LogP contribution >= 0.6 is 0 Å². The van der Waals surface area contributed by atoms with Gasteiger partial charge in [0.2, 0.25) is 0 Å². The van der Waals surface area contributed by atoms with E-state index in [4.69, 9.17) is 9.47 Å². The summed E-state index contributed by atoms with van der Waals surface area (Å²) in [5.74, 6) is 3.90. The van der Waals surface area contributed by atoms with Crippen molar-refractivity contribution in [1.82, 2.24) is 0 Å². The van der Waals surface area contributed by atoms with E-state index in [0.717, 1.165) is 29.6 Å². The Morgan fingerprint density at radius 3 is 1.65 bits per heavy atom. The molecule has 4 rings (SSSR count). The largest absolute Gasteiger partial charge is 0.366 e. The highest BCUT2D eigenvalue weighted by Crippen LogP contribution is 2.60. The Labute approximate surface area is 123 Å². The van der Waals surface area contributed by atoms with Crippen molar-refractivity contribution in [3.63, 3.8) is 0 Å². The second kappa shape index (κ2) is 4.01. The maximum Gasteiger partial charge on any atom is 0.0926 e. The first-order valence-electron chi connectivity index (χ1n) is 8.68. The summed E-state index contributed by atoms with van der Waals surface area (Å²) in [6.07, 6.45) is 6.32. The van der Waals surface area contributed by atoms with Gasteiger partial charge in [0.15, 0.2) is 0 Å². The summed E-state index contributed by atoms with van der Waals surface area (Å²) >= 11 is 0. The minimum atomic E-state index is 0.213. The Morgan fingerprint density at radius 1 is 0.850 bits per heavy atom. The number of epoxide rings is 2. The zero-order valence-corrected chi connectivity index (χ0v) is 13.7. The highest BCUT2D eigenvalue weighted by molar-refractivity contribution is 5.13. The molecule has 2 heteroatoms. The van der Waals surface area contributed by atoms with Gasteiger partial charge in [-0.15, -0.1) is 0 Å². The summed E-state index contributed by atoms with van der Waals surface area (Å²) < 4.78 is 12.2. The number of hydrogen-bond donors (Lipinski definition) is 0.